The van der Waals surface area contributed by atoms with Gasteiger partial charge in [-0.1, -0.05) is 26.0 Å². The average molecular weight is 451 g/mol. The predicted octanol–water partition coefficient (Wildman–Crippen LogP) is 4.39. The van der Waals surface area contributed by atoms with Crippen molar-refractivity contribution in [2.75, 3.05) is 38.1 Å². The Morgan fingerprint density at radius 3 is 2.42 bits per heavy atom. The Bertz CT molecular complexity index is 966. The highest BCUT2D eigenvalue weighted by atomic mass is 16.7. The van der Waals surface area contributed by atoms with Crippen LogP contribution in [0.4, 0.5) is 5.69 Å². The van der Waals surface area contributed by atoms with Crippen molar-refractivity contribution in [2.45, 2.75) is 46.2 Å². The number of likely N-dealkylation sites (N-methyl/N-ethyl adjacent to an activating group) is 2. The molecular weight excluding hydrogens is 412 g/mol. The zero-order valence-electron chi connectivity index (χ0n) is 20.8. The molecule has 0 aromatic heterocycles. The number of rotatable bonds is 10. The Labute approximate surface area is 198 Å². The normalized spacial score (nSPS) is 17.8. The van der Waals surface area contributed by atoms with Gasteiger partial charge in [-0.05, 0) is 81.9 Å². The van der Waals surface area contributed by atoms with Crippen LogP contribution in [0.15, 0.2) is 54.6 Å². The molecule has 1 heterocycles. The second-order valence-corrected chi connectivity index (χ2v) is 9.12. The molecule has 1 atom stereocenters. The lowest BCUT2D eigenvalue weighted by Gasteiger charge is -2.24. The SMILES string of the molecule is CCN(CC)CCN(C)c1ccc(C2=CC(C)(c3cccc(C(=O)NC(C)C)c3)NO2)cc1. The Morgan fingerprint density at radius 2 is 1.79 bits per heavy atom. The van der Waals surface area contributed by atoms with Gasteiger partial charge in [0.05, 0.1) is 5.54 Å². The Morgan fingerprint density at radius 1 is 1.09 bits per heavy atom. The molecule has 0 spiro atoms. The zero-order chi connectivity index (χ0) is 24.0. The van der Waals surface area contributed by atoms with Crippen molar-refractivity contribution in [3.63, 3.8) is 0 Å². The van der Waals surface area contributed by atoms with Crippen molar-refractivity contribution in [2.24, 2.45) is 0 Å². The van der Waals surface area contributed by atoms with E-state index in [-0.39, 0.29) is 11.9 Å². The van der Waals surface area contributed by atoms with E-state index in [0.717, 1.165) is 43.1 Å². The molecule has 6 nitrogen and oxygen atoms in total. The maximum Gasteiger partial charge on any atom is 0.251 e. The second kappa shape index (κ2) is 10.9. The Kier molecular flexibility index (Phi) is 8.16. The van der Waals surface area contributed by atoms with Gasteiger partial charge in [-0.2, -0.15) is 0 Å². The van der Waals surface area contributed by atoms with Gasteiger partial charge in [-0.15, -0.1) is 5.48 Å². The van der Waals surface area contributed by atoms with Gasteiger partial charge < -0.3 is 20.0 Å². The number of nitrogens with one attached hydrogen (secondary N) is 2. The number of carbonyl (C=O) groups is 1. The summed E-state index contributed by atoms with van der Waals surface area (Å²) in [6.07, 6.45) is 2.07. The molecular formula is C27H38N4O2. The van der Waals surface area contributed by atoms with E-state index < -0.39 is 5.54 Å². The number of hydrogen-bond acceptors (Lipinski definition) is 5. The van der Waals surface area contributed by atoms with Crippen LogP contribution in [0.1, 0.15) is 56.1 Å². The molecule has 0 fully saturated rings. The van der Waals surface area contributed by atoms with Crippen molar-refractivity contribution in [1.82, 2.24) is 15.7 Å². The summed E-state index contributed by atoms with van der Waals surface area (Å²) in [6.45, 7) is 14.6. The van der Waals surface area contributed by atoms with Crippen LogP contribution < -0.4 is 15.7 Å². The number of nitrogens with zero attached hydrogens (tertiary/aromatic N) is 2. The second-order valence-electron chi connectivity index (χ2n) is 9.12. The van der Waals surface area contributed by atoms with Gasteiger partial charge >= 0.3 is 0 Å². The van der Waals surface area contributed by atoms with E-state index in [1.807, 2.05) is 38.1 Å². The molecule has 3 rings (SSSR count). The van der Waals surface area contributed by atoms with Crippen LogP contribution in [0.3, 0.4) is 0 Å². The first-order chi connectivity index (χ1) is 15.8. The molecule has 2 aromatic rings. The van der Waals surface area contributed by atoms with E-state index in [0.29, 0.717) is 5.56 Å². The summed E-state index contributed by atoms with van der Waals surface area (Å²) in [5.74, 6) is 0.714. The highest BCUT2D eigenvalue weighted by molar-refractivity contribution is 5.94. The summed E-state index contributed by atoms with van der Waals surface area (Å²) in [5, 5.41) is 2.95. The highest BCUT2D eigenvalue weighted by Gasteiger charge is 2.32. The monoisotopic (exact) mass is 450 g/mol. The molecule has 1 aliphatic rings. The largest absolute Gasteiger partial charge is 0.407 e. The summed E-state index contributed by atoms with van der Waals surface area (Å²) >= 11 is 0. The summed E-state index contributed by atoms with van der Waals surface area (Å²) in [7, 11) is 2.13. The van der Waals surface area contributed by atoms with E-state index in [4.69, 9.17) is 4.84 Å². The highest BCUT2D eigenvalue weighted by Crippen LogP contribution is 2.34. The fourth-order valence-corrected chi connectivity index (χ4v) is 3.94. The van der Waals surface area contributed by atoms with Crippen LogP contribution >= 0.6 is 0 Å². The van der Waals surface area contributed by atoms with E-state index in [2.05, 4.69) is 78.8 Å². The molecule has 33 heavy (non-hydrogen) atoms. The van der Waals surface area contributed by atoms with Crippen molar-refractivity contribution >= 4 is 17.4 Å². The van der Waals surface area contributed by atoms with Gasteiger partial charge in [0, 0.05) is 43.0 Å². The maximum atomic E-state index is 12.4. The number of anilines is 1. The number of amides is 1. The summed E-state index contributed by atoms with van der Waals surface area (Å²) in [4.78, 5) is 23.0. The summed E-state index contributed by atoms with van der Waals surface area (Å²) in [5.41, 5.74) is 6.44. The van der Waals surface area contributed by atoms with Gasteiger partial charge in [0.15, 0.2) is 5.76 Å². The topological polar surface area (TPSA) is 56.8 Å². The van der Waals surface area contributed by atoms with Gasteiger partial charge in [0.1, 0.15) is 0 Å². The van der Waals surface area contributed by atoms with Gasteiger partial charge in [-0.3, -0.25) is 4.79 Å². The smallest absolute Gasteiger partial charge is 0.251 e. The first kappa shape index (κ1) is 24.8. The van der Waals surface area contributed by atoms with Crippen LogP contribution in [0.25, 0.3) is 5.76 Å². The molecule has 0 bridgehead atoms. The lowest BCUT2D eigenvalue weighted by atomic mass is 9.90. The molecule has 1 unspecified atom stereocenters. The number of hydrogen-bond donors (Lipinski definition) is 2. The number of hydroxylamine groups is 1. The van der Waals surface area contributed by atoms with E-state index in [1.54, 1.807) is 0 Å². The van der Waals surface area contributed by atoms with E-state index >= 15 is 0 Å². The van der Waals surface area contributed by atoms with Crippen molar-refractivity contribution in [3.05, 3.63) is 71.3 Å². The van der Waals surface area contributed by atoms with Crippen molar-refractivity contribution in [3.8, 4) is 0 Å². The van der Waals surface area contributed by atoms with Gasteiger partial charge in [0.2, 0.25) is 0 Å². The quantitative estimate of drug-likeness (QED) is 0.562. The predicted molar refractivity (Wildman–Crippen MR) is 136 cm³/mol. The fourth-order valence-electron chi connectivity index (χ4n) is 3.94. The third kappa shape index (κ3) is 6.15. The molecule has 178 valence electrons. The van der Waals surface area contributed by atoms with Gasteiger partial charge in [0.25, 0.3) is 5.91 Å². The molecule has 0 saturated carbocycles. The maximum absolute atomic E-state index is 12.4. The minimum absolute atomic E-state index is 0.0701. The van der Waals surface area contributed by atoms with Crippen LogP contribution in [-0.2, 0) is 10.4 Å². The van der Waals surface area contributed by atoms with Crippen LogP contribution in [0.5, 0.6) is 0 Å². The van der Waals surface area contributed by atoms with Crippen molar-refractivity contribution in [1.29, 1.82) is 0 Å². The molecule has 1 aliphatic heterocycles. The molecule has 0 saturated heterocycles. The third-order valence-corrected chi connectivity index (χ3v) is 6.18. The summed E-state index contributed by atoms with van der Waals surface area (Å²) in [6, 6.07) is 16.2. The standard InChI is InChI=1S/C27H38N4O2/c1-7-31(8-2)17-16-30(6)24-14-12-21(13-15-24)25-19-27(5,29-33-25)23-11-9-10-22(18-23)26(32)28-20(3)4/h9-15,18-20,29H,7-8,16-17H2,1-6H3,(H,28,32). The molecule has 2 N–H and O–H groups in total. The van der Waals surface area contributed by atoms with Crippen LogP contribution in [0.2, 0.25) is 0 Å². The lowest BCUT2D eigenvalue weighted by molar-refractivity contribution is 0.0942. The summed E-state index contributed by atoms with van der Waals surface area (Å²) < 4.78 is 0. The van der Waals surface area contributed by atoms with Crippen LogP contribution in [-0.4, -0.2) is 50.1 Å². The Balaban J connectivity index is 1.72. The third-order valence-electron chi connectivity index (χ3n) is 6.18. The molecule has 2 aromatic carbocycles. The van der Waals surface area contributed by atoms with Crippen LogP contribution in [0, 0.1) is 0 Å². The van der Waals surface area contributed by atoms with E-state index in [9.17, 15) is 4.79 Å². The average Bonchev–Trinajstić information content (AvgIpc) is 3.23. The first-order valence-corrected chi connectivity index (χ1v) is 11.9. The zero-order valence-corrected chi connectivity index (χ0v) is 20.8. The Hall–Kier alpha value is -2.83. The molecule has 0 radical (unpaired) electrons. The minimum atomic E-state index is -0.525. The van der Waals surface area contributed by atoms with E-state index in [1.165, 1.54) is 5.69 Å². The molecule has 1 amide bonds. The number of benzene rings is 2. The lowest BCUT2D eigenvalue weighted by Crippen LogP contribution is -2.33. The number of carbonyl (C=O) groups excluding carboxylic acids is 1. The first-order valence-electron chi connectivity index (χ1n) is 11.9. The van der Waals surface area contributed by atoms with Gasteiger partial charge in [-0.25, -0.2) is 0 Å². The molecule has 0 aliphatic carbocycles. The minimum Gasteiger partial charge on any atom is -0.407 e. The molecule has 6 heteroatoms. The van der Waals surface area contributed by atoms with Crippen molar-refractivity contribution < 1.29 is 9.63 Å². The fraction of sp³-hybridized carbons (Fsp3) is 0.444.